The third kappa shape index (κ3) is 3.15. The Morgan fingerprint density at radius 3 is 2.62 bits per heavy atom. The Balaban J connectivity index is 2.16. The van der Waals surface area contributed by atoms with Crippen molar-refractivity contribution < 1.29 is 18.3 Å². The third-order valence-corrected chi connectivity index (χ3v) is 2.81. The number of carbonyl (C=O) groups excluding carboxylic acids is 1. The molecule has 0 aromatic heterocycles. The summed E-state index contributed by atoms with van der Waals surface area (Å²) in [5.41, 5.74) is 5.85. The molecule has 2 N–H and O–H groups in total. The summed E-state index contributed by atoms with van der Waals surface area (Å²) >= 11 is 0. The van der Waals surface area contributed by atoms with E-state index in [0.717, 1.165) is 6.07 Å². The predicted molar refractivity (Wildman–Crippen MR) is 71.0 cm³/mol. The molecule has 0 aliphatic heterocycles. The molecule has 2 aromatic carbocycles. The van der Waals surface area contributed by atoms with Gasteiger partial charge in [-0.25, -0.2) is 13.6 Å². The largest absolute Gasteiger partial charge is 0.457 e. The van der Waals surface area contributed by atoms with Crippen molar-refractivity contribution in [2.75, 3.05) is 5.73 Å². The van der Waals surface area contributed by atoms with Gasteiger partial charge in [-0.05, 0) is 12.1 Å². The van der Waals surface area contributed by atoms with E-state index in [0.29, 0.717) is 17.2 Å². The number of ether oxygens (including phenoxy) is 1. The van der Waals surface area contributed by atoms with Crippen LogP contribution < -0.4 is 5.73 Å². The van der Waals surface area contributed by atoms with Crippen molar-refractivity contribution in [3.63, 3.8) is 0 Å². The molecule has 6 heteroatoms. The van der Waals surface area contributed by atoms with Gasteiger partial charge in [0, 0.05) is 17.3 Å². The number of rotatable bonds is 3. The summed E-state index contributed by atoms with van der Waals surface area (Å²) < 4.78 is 31.0. The number of halogens is 2. The van der Waals surface area contributed by atoms with Crippen molar-refractivity contribution >= 4 is 11.7 Å². The second-order valence-electron chi connectivity index (χ2n) is 4.20. The SMILES string of the molecule is N#Cc1ccccc1COC(=O)c1cc(F)c(F)cc1N. The number of hydrogen-bond acceptors (Lipinski definition) is 4. The summed E-state index contributed by atoms with van der Waals surface area (Å²) in [6.07, 6.45) is 0. The Morgan fingerprint density at radius 1 is 1.24 bits per heavy atom. The van der Waals surface area contributed by atoms with Gasteiger partial charge in [-0.15, -0.1) is 0 Å². The first-order chi connectivity index (χ1) is 10.0. The maximum Gasteiger partial charge on any atom is 0.340 e. The quantitative estimate of drug-likeness (QED) is 0.696. The van der Waals surface area contributed by atoms with Gasteiger partial charge in [0.1, 0.15) is 6.61 Å². The van der Waals surface area contributed by atoms with Crippen LogP contribution in [0.3, 0.4) is 0 Å². The summed E-state index contributed by atoms with van der Waals surface area (Å²) in [4.78, 5) is 11.8. The normalized spacial score (nSPS) is 9.95. The number of nitrogens with two attached hydrogens (primary N) is 1. The molecule has 0 heterocycles. The Morgan fingerprint density at radius 2 is 1.90 bits per heavy atom. The number of nitriles is 1. The average molecular weight is 288 g/mol. The Labute approximate surface area is 119 Å². The first-order valence-corrected chi connectivity index (χ1v) is 5.92. The van der Waals surface area contributed by atoms with E-state index in [1.165, 1.54) is 0 Å². The molecule has 0 bridgehead atoms. The zero-order valence-corrected chi connectivity index (χ0v) is 10.8. The van der Waals surface area contributed by atoms with Gasteiger partial charge in [0.25, 0.3) is 0 Å². The Bertz CT molecular complexity index is 739. The van der Waals surface area contributed by atoms with Crippen molar-refractivity contribution in [2.45, 2.75) is 6.61 Å². The minimum Gasteiger partial charge on any atom is -0.457 e. The summed E-state index contributed by atoms with van der Waals surface area (Å²) in [6.45, 7) is -0.166. The number of esters is 1. The zero-order chi connectivity index (χ0) is 15.4. The van der Waals surface area contributed by atoms with Crippen LogP contribution in [0, 0.1) is 23.0 Å². The highest BCUT2D eigenvalue weighted by Gasteiger charge is 2.16. The molecule has 4 nitrogen and oxygen atoms in total. The first kappa shape index (κ1) is 14.5. The molecule has 0 spiro atoms. The van der Waals surface area contributed by atoms with Crippen LogP contribution in [-0.4, -0.2) is 5.97 Å². The number of benzene rings is 2. The highest BCUT2D eigenvalue weighted by Crippen LogP contribution is 2.19. The Kier molecular flexibility index (Phi) is 4.14. The number of nitrogen functional groups attached to an aromatic ring is 1. The summed E-state index contributed by atoms with van der Waals surface area (Å²) in [6, 6.07) is 9.93. The molecule has 0 radical (unpaired) electrons. The molecule has 2 rings (SSSR count). The van der Waals surface area contributed by atoms with E-state index in [9.17, 15) is 13.6 Å². The molecule has 106 valence electrons. The smallest absolute Gasteiger partial charge is 0.340 e. The first-order valence-electron chi connectivity index (χ1n) is 5.92. The number of carbonyl (C=O) groups is 1. The number of hydrogen-bond donors (Lipinski definition) is 1. The molecule has 0 saturated heterocycles. The molecule has 21 heavy (non-hydrogen) atoms. The lowest BCUT2D eigenvalue weighted by Gasteiger charge is -2.08. The minimum absolute atomic E-state index is 0.166. The van der Waals surface area contributed by atoms with Gasteiger partial charge in [0.05, 0.1) is 17.2 Å². The van der Waals surface area contributed by atoms with Crippen LogP contribution in [0.15, 0.2) is 36.4 Å². The van der Waals surface area contributed by atoms with Crippen LogP contribution in [-0.2, 0) is 11.3 Å². The van der Waals surface area contributed by atoms with Gasteiger partial charge >= 0.3 is 5.97 Å². The molecule has 0 amide bonds. The van der Waals surface area contributed by atoms with Gasteiger partial charge in [0.15, 0.2) is 11.6 Å². The van der Waals surface area contributed by atoms with E-state index in [-0.39, 0.29) is 17.9 Å². The van der Waals surface area contributed by atoms with Gasteiger partial charge < -0.3 is 10.5 Å². The molecule has 0 aliphatic carbocycles. The van der Waals surface area contributed by atoms with Crippen molar-refractivity contribution in [3.8, 4) is 6.07 Å². The van der Waals surface area contributed by atoms with E-state index in [2.05, 4.69) is 0 Å². The van der Waals surface area contributed by atoms with Crippen molar-refractivity contribution in [1.82, 2.24) is 0 Å². The van der Waals surface area contributed by atoms with Crippen molar-refractivity contribution in [3.05, 3.63) is 64.7 Å². The van der Waals surface area contributed by atoms with Crippen LogP contribution in [0.2, 0.25) is 0 Å². The zero-order valence-electron chi connectivity index (χ0n) is 10.8. The highest BCUT2D eigenvalue weighted by atomic mass is 19.2. The number of nitrogens with zero attached hydrogens (tertiary/aromatic N) is 1. The molecule has 2 aromatic rings. The fourth-order valence-electron chi connectivity index (χ4n) is 1.72. The van der Waals surface area contributed by atoms with Gasteiger partial charge in [0.2, 0.25) is 0 Å². The second kappa shape index (κ2) is 6.01. The molecular formula is C15H10F2N2O2. The van der Waals surface area contributed by atoms with Crippen LogP contribution in [0.5, 0.6) is 0 Å². The molecule has 0 fully saturated rings. The van der Waals surface area contributed by atoms with E-state index in [1.54, 1.807) is 24.3 Å². The molecular weight excluding hydrogens is 278 g/mol. The van der Waals surface area contributed by atoms with Gasteiger partial charge in [-0.2, -0.15) is 5.26 Å². The monoisotopic (exact) mass is 288 g/mol. The van der Waals surface area contributed by atoms with E-state index < -0.39 is 17.6 Å². The van der Waals surface area contributed by atoms with E-state index in [1.807, 2.05) is 6.07 Å². The van der Waals surface area contributed by atoms with Crippen LogP contribution in [0.25, 0.3) is 0 Å². The van der Waals surface area contributed by atoms with Gasteiger partial charge in [-0.3, -0.25) is 0 Å². The molecule has 0 aliphatic rings. The average Bonchev–Trinajstić information content (AvgIpc) is 2.48. The molecule has 0 atom stereocenters. The summed E-state index contributed by atoms with van der Waals surface area (Å²) in [7, 11) is 0. The topological polar surface area (TPSA) is 76.1 Å². The lowest BCUT2D eigenvalue weighted by atomic mass is 10.1. The standard InChI is InChI=1S/C15H10F2N2O2/c16-12-5-11(14(19)6-13(12)17)15(20)21-8-10-4-2-1-3-9(10)7-18/h1-6H,8,19H2. The maximum absolute atomic E-state index is 13.1. The molecule has 0 unspecified atom stereocenters. The number of anilines is 1. The predicted octanol–water partition coefficient (Wildman–Crippen LogP) is 2.78. The summed E-state index contributed by atoms with van der Waals surface area (Å²) in [5.74, 6) is -3.22. The van der Waals surface area contributed by atoms with E-state index in [4.69, 9.17) is 15.7 Å². The Hall–Kier alpha value is -2.94. The third-order valence-electron chi connectivity index (χ3n) is 2.81. The fourth-order valence-corrected chi connectivity index (χ4v) is 1.72. The van der Waals surface area contributed by atoms with E-state index >= 15 is 0 Å². The van der Waals surface area contributed by atoms with Gasteiger partial charge in [-0.1, -0.05) is 18.2 Å². The fraction of sp³-hybridized carbons (Fsp3) is 0.0667. The molecule has 0 saturated carbocycles. The minimum atomic E-state index is -1.19. The van der Waals surface area contributed by atoms with Crippen molar-refractivity contribution in [1.29, 1.82) is 5.26 Å². The lowest BCUT2D eigenvalue weighted by Crippen LogP contribution is -2.10. The van der Waals surface area contributed by atoms with Crippen LogP contribution in [0.1, 0.15) is 21.5 Å². The van der Waals surface area contributed by atoms with Crippen LogP contribution >= 0.6 is 0 Å². The van der Waals surface area contributed by atoms with Crippen LogP contribution in [0.4, 0.5) is 14.5 Å². The van der Waals surface area contributed by atoms with Crippen molar-refractivity contribution in [2.24, 2.45) is 0 Å². The highest BCUT2D eigenvalue weighted by molar-refractivity contribution is 5.95. The summed E-state index contributed by atoms with van der Waals surface area (Å²) in [5, 5.41) is 8.91. The lowest BCUT2D eigenvalue weighted by molar-refractivity contribution is 0.0473. The maximum atomic E-state index is 13.1. The second-order valence-corrected chi connectivity index (χ2v) is 4.20.